The minimum absolute atomic E-state index is 0.0227. The van der Waals surface area contributed by atoms with Gasteiger partial charge in [-0.1, -0.05) is 26.0 Å². The second kappa shape index (κ2) is 8.80. The van der Waals surface area contributed by atoms with Gasteiger partial charge in [-0.3, -0.25) is 14.5 Å². The van der Waals surface area contributed by atoms with Gasteiger partial charge in [0, 0.05) is 32.2 Å². The highest BCUT2D eigenvalue weighted by molar-refractivity contribution is 5.97. The number of amides is 2. The third kappa shape index (κ3) is 5.62. The maximum Gasteiger partial charge on any atom is 0.247 e. The highest BCUT2D eigenvalue weighted by atomic mass is 16.5. The number of anilines is 1. The van der Waals surface area contributed by atoms with E-state index in [9.17, 15) is 9.59 Å². The number of benzene rings is 1. The van der Waals surface area contributed by atoms with Crippen LogP contribution in [0.2, 0.25) is 0 Å². The summed E-state index contributed by atoms with van der Waals surface area (Å²) >= 11 is 0. The second-order valence-electron chi connectivity index (χ2n) is 6.50. The zero-order chi connectivity index (χ0) is 17.5. The second-order valence-corrected chi connectivity index (χ2v) is 6.50. The van der Waals surface area contributed by atoms with Gasteiger partial charge in [0.15, 0.2) is 0 Å². The molecule has 6 nitrogen and oxygen atoms in total. The number of nitrogens with zero attached hydrogens (tertiary/aromatic N) is 1. The number of carbonyl (C=O) groups is 2. The van der Waals surface area contributed by atoms with Crippen LogP contribution in [0.25, 0.3) is 0 Å². The van der Waals surface area contributed by atoms with E-state index in [-0.39, 0.29) is 17.7 Å². The summed E-state index contributed by atoms with van der Waals surface area (Å²) in [5.41, 5.74) is 1.94. The fraction of sp³-hybridized carbons (Fsp3) is 0.556. The van der Waals surface area contributed by atoms with E-state index in [0.717, 1.165) is 38.5 Å². The van der Waals surface area contributed by atoms with Gasteiger partial charge < -0.3 is 15.4 Å². The number of carbonyl (C=O) groups excluding carboxylic acids is 2. The Morgan fingerprint density at radius 3 is 2.33 bits per heavy atom. The average molecular weight is 333 g/mol. The molecule has 1 aromatic rings. The number of hydrogen-bond donors (Lipinski definition) is 2. The Hall–Kier alpha value is -1.92. The van der Waals surface area contributed by atoms with Crippen LogP contribution in [0.3, 0.4) is 0 Å². The summed E-state index contributed by atoms with van der Waals surface area (Å²) in [5.74, 6) is -0.375. The Morgan fingerprint density at radius 2 is 1.79 bits per heavy atom. The maximum atomic E-state index is 12.3. The van der Waals surface area contributed by atoms with E-state index in [1.54, 1.807) is 0 Å². The third-order valence-electron chi connectivity index (χ3n) is 4.04. The Labute approximate surface area is 143 Å². The molecule has 1 unspecified atom stereocenters. The Kier molecular flexibility index (Phi) is 6.75. The smallest absolute Gasteiger partial charge is 0.247 e. The van der Waals surface area contributed by atoms with Crippen molar-refractivity contribution in [1.82, 2.24) is 10.2 Å². The normalized spacial score (nSPS) is 16.7. The summed E-state index contributed by atoms with van der Waals surface area (Å²) < 4.78 is 5.35. The van der Waals surface area contributed by atoms with E-state index in [2.05, 4.69) is 15.5 Å². The Morgan fingerprint density at radius 1 is 1.17 bits per heavy atom. The Bertz CT molecular complexity index is 551. The van der Waals surface area contributed by atoms with Crippen molar-refractivity contribution in [2.24, 2.45) is 5.92 Å². The summed E-state index contributed by atoms with van der Waals surface area (Å²) in [6.45, 7) is 9.59. The van der Waals surface area contributed by atoms with E-state index >= 15 is 0 Å². The molecule has 1 atom stereocenters. The van der Waals surface area contributed by atoms with Crippen LogP contribution in [0.1, 0.15) is 26.3 Å². The molecule has 1 heterocycles. The summed E-state index contributed by atoms with van der Waals surface area (Å²) in [7, 11) is 0. The van der Waals surface area contributed by atoms with Gasteiger partial charge in [0.05, 0.1) is 13.2 Å². The van der Waals surface area contributed by atoms with Crippen molar-refractivity contribution in [2.45, 2.75) is 33.4 Å². The van der Waals surface area contributed by atoms with Gasteiger partial charge >= 0.3 is 0 Å². The molecule has 0 aliphatic carbocycles. The van der Waals surface area contributed by atoms with Gasteiger partial charge in [0.2, 0.25) is 11.8 Å². The van der Waals surface area contributed by atoms with Crippen LogP contribution in [0, 0.1) is 5.92 Å². The summed E-state index contributed by atoms with van der Waals surface area (Å²) in [4.78, 5) is 25.9. The molecule has 2 amide bonds. The van der Waals surface area contributed by atoms with Crippen molar-refractivity contribution < 1.29 is 14.3 Å². The molecule has 0 bridgehead atoms. The summed E-state index contributed by atoms with van der Waals surface area (Å²) in [6.07, 6.45) is 0. The number of nitrogens with one attached hydrogen (secondary N) is 2. The minimum atomic E-state index is -0.532. The van der Waals surface area contributed by atoms with Crippen molar-refractivity contribution >= 4 is 17.5 Å². The topological polar surface area (TPSA) is 70.7 Å². The molecule has 0 spiro atoms. The zero-order valence-electron chi connectivity index (χ0n) is 14.7. The molecule has 2 rings (SSSR count). The van der Waals surface area contributed by atoms with E-state index in [0.29, 0.717) is 0 Å². The van der Waals surface area contributed by atoms with E-state index in [1.807, 2.05) is 38.1 Å². The van der Waals surface area contributed by atoms with Crippen LogP contribution in [-0.4, -0.2) is 49.1 Å². The molecule has 1 saturated heterocycles. The summed E-state index contributed by atoms with van der Waals surface area (Å²) in [5, 5.41) is 5.57. The molecule has 0 saturated carbocycles. The van der Waals surface area contributed by atoms with Crippen LogP contribution in [0.5, 0.6) is 0 Å². The monoisotopic (exact) mass is 333 g/mol. The van der Waals surface area contributed by atoms with Gasteiger partial charge in [0.1, 0.15) is 6.04 Å². The van der Waals surface area contributed by atoms with Crippen molar-refractivity contribution in [1.29, 1.82) is 0 Å². The molecule has 1 aliphatic heterocycles. The standard InChI is InChI=1S/C18H27N3O3/c1-13(2)17(19-14(3)22)18(23)20-16-6-4-15(5-7-16)12-21-8-10-24-11-9-21/h4-7,13,17H,8-12H2,1-3H3,(H,19,22)(H,20,23). The largest absolute Gasteiger partial charge is 0.379 e. The van der Waals surface area contributed by atoms with E-state index in [1.165, 1.54) is 12.5 Å². The predicted molar refractivity (Wildman–Crippen MR) is 93.6 cm³/mol. The molecule has 132 valence electrons. The van der Waals surface area contributed by atoms with Gasteiger partial charge in [-0.2, -0.15) is 0 Å². The number of ether oxygens (including phenoxy) is 1. The first-order valence-electron chi connectivity index (χ1n) is 8.42. The molecule has 6 heteroatoms. The van der Waals surface area contributed by atoms with Gasteiger partial charge in [-0.15, -0.1) is 0 Å². The quantitative estimate of drug-likeness (QED) is 0.830. The van der Waals surface area contributed by atoms with Crippen molar-refractivity contribution in [3.63, 3.8) is 0 Å². The van der Waals surface area contributed by atoms with E-state index < -0.39 is 6.04 Å². The lowest BCUT2D eigenvalue weighted by atomic mass is 10.0. The number of hydrogen-bond acceptors (Lipinski definition) is 4. The van der Waals surface area contributed by atoms with Crippen molar-refractivity contribution in [3.05, 3.63) is 29.8 Å². The third-order valence-corrected chi connectivity index (χ3v) is 4.04. The minimum Gasteiger partial charge on any atom is -0.379 e. The lowest BCUT2D eigenvalue weighted by molar-refractivity contribution is -0.126. The molecule has 1 aliphatic rings. The first kappa shape index (κ1) is 18.4. The SMILES string of the molecule is CC(=O)NC(C(=O)Nc1ccc(CN2CCOCC2)cc1)C(C)C. The first-order valence-corrected chi connectivity index (χ1v) is 8.42. The van der Waals surface area contributed by atoms with Crippen LogP contribution in [0.4, 0.5) is 5.69 Å². The molecular weight excluding hydrogens is 306 g/mol. The van der Waals surface area contributed by atoms with Crippen LogP contribution in [-0.2, 0) is 20.9 Å². The maximum absolute atomic E-state index is 12.3. The van der Waals surface area contributed by atoms with Crippen LogP contribution >= 0.6 is 0 Å². The molecule has 24 heavy (non-hydrogen) atoms. The average Bonchev–Trinajstić information content (AvgIpc) is 2.55. The fourth-order valence-electron chi connectivity index (χ4n) is 2.68. The Balaban J connectivity index is 1.92. The van der Waals surface area contributed by atoms with Crippen LogP contribution in [0.15, 0.2) is 24.3 Å². The molecular formula is C18H27N3O3. The molecule has 0 aromatic heterocycles. The van der Waals surface area contributed by atoms with Crippen molar-refractivity contribution in [3.8, 4) is 0 Å². The fourth-order valence-corrected chi connectivity index (χ4v) is 2.68. The highest BCUT2D eigenvalue weighted by Crippen LogP contribution is 2.14. The highest BCUT2D eigenvalue weighted by Gasteiger charge is 2.23. The van der Waals surface area contributed by atoms with E-state index in [4.69, 9.17) is 4.74 Å². The first-order chi connectivity index (χ1) is 11.5. The lowest BCUT2D eigenvalue weighted by Crippen LogP contribution is -2.46. The van der Waals surface area contributed by atoms with Gasteiger partial charge in [-0.25, -0.2) is 0 Å². The van der Waals surface area contributed by atoms with Crippen molar-refractivity contribution in [2.75, 3.05) is 31.6 Å². The zero-order valence-corrected chi connectivity index (χ0v) is 14.7. The van der Waals surface area contributed by atoms with Gasteiger partial charge in [-0.05, 0) is 23.6 Å². The molecule has 0 radical (unpaired) electrons. The number of morpholine rings is 1. The van der Waals surface area contributed by atoms with Crippen LogP contribution < -0.4 is 10.6 Å². The predicted octanol–water partition coefficient (Wildman–Crippen LogP) is 1.62. The molecule has 1 fully saturated rings. The molecule has 1 aromatic carbocycles. The summed E-state index contributed by atoms with van der Waals surface area (Å²) in [6, 6.07) is 7.31. The number of rotatable bonds is 6. The van der Waals surface area contributed by atoms with Gasteiger partial charge in [0.25, 0.3) is 0 Å². The lowest BCUT2D eigenvalue weighted by Gasteiger charge is -2.26. The molecule has 2 N–H and O–H groups in total.